The predicted molar refractivity (Wildman–Crippen MR) is 74.3 cm³/mol. The second-order valence-electron chi connectivity index (χ2n) is 4.30. The number of aliphatic hydroxyl groups is 1. The third kappa shape index (κ3) is 3.89. The van der Waals surface area contributed by atoms with Crippen LogP contribution in [0.5, 0.6) is 0 Å². The number of hydrogen-bond donors (Lipinski definition) is 2. The van der Waals surface area contributed by atoms with Crippen LogP contribution in [0.15, 0.2) is 18.2 Å². The Morgan fingerprint density at radius 3 is 2.78 bits per heavy atom. The van der Waals surface area contributed by atoms with Crippen molar-refractivity contribution in [2.75, 3.05) is 26.0 Å². The molecule has 1 unspecified atom stereocenters. The van der Waals surface area contributed by atoms with Crippen molar-refractivity contribution in [1.29, 1.82) is 0 Å². The SMILES string of the molecule is CNc1ccc(Cl)cc1C(=O)N(C)CCC(C)O. The Bertz CT molecular complexity index is 421. The maximum atomic E-state index is 12.2. The minimum absolute atomic E-state index is 0.109. The van der Waals surface area contributed by atoms with Gasteiger partial charge in [0, 0.05) is 31.4 Å². The Kier molecular flexibility index (Phi) is 5.44. The molecule has 0 saturated heterocycles. The minimum Gasteiger partial charge on any atom is -0.393 e. The first-order valence-corrected chi connectivity index (χ1v) is 6.24. The molecule has 2 N–H and O–H groups in total. The van der Waals surface area contributed by atoms with E-state index in [4.69, 9.17) is 11.6 Å². The van der Waals surface area contributed by atoms with Crippen molar-refractivity contribution < 1.29 is 9.90 Å². The third-order valence-electron chi connectivity index (χ3n) is 2.71. The monoisotopic (exact) mass is 270 g/mol. The van der Waals surface area contributed by atoms with Crippen LogP contribution in [0.3, 0.4) is 0 Å². The number of hydrogen-bond acceptors (Lipinski definition) is 3. The molecule has 4 nitrogen and oxygen atoms in total. The van der Waals surface area contributed by atoms with Crippen LogP contribution in [0.25, 0.3) is 0 Å². The first-order valence-electron chi connectivity index (χ1n) is 5.86. The zero-order valence-corrected chi connectivity index (χ0v) is 11.7. The quantitative estimate of drug-likeness (QED) is 0.863. The van der Waals surface area contributed by atoms with Gasteiger partial charge in [0.1, 0.15) is 0 Å². The summed E-state index contributed by atoms with van der Waals surface area (Å²) >= 11 is 5.91. The lowest BCUT2D eigenvalue weighted by molar-refractivity contribution is 0.0770. The van der Waals surface area contributed by atoms with Crippen LogP contribution in [0.4, 0.5) is 5.69 Å². The number of amides is 1. The van der Waals surface area contributed by atoms with E-state index in [1.807, 2.05) is 0 Å². The molecule has 1 amide bonds. The van der Waals surface area contributed by atoms with E-state index in [0.717, 1.165) is 5.69 Å². The van der Waals surface area contributed by atoms with Crippen molar-refractivity contribution in [2.45, 2.75) is 19.4 Å². The van der Waals surface area contributed by atoms with Gasteiger partial charge in [-0.2, -0.15) is 0 Å². The fraction of sp³-hybridized carbons (Fsp3) is 0.462. The Labute approximate surface area is 113 Å². The Balaban J connectivity index is 2.85. The maximum Gasteiger partial charge on any atom is 0.255 e. The van der Waals surface area contributed by atoms with Crippen LogP contribution in [-0.4, -0.2) is 42.7 Å². The lowest BCUT2D eigenvalue weighted by Crippen LogP contribution is -2.30. The lowest BCUT2D eigenvalue weighted by atomic mass is 10.1. The molecule has 1 aromatic carbocycles. The van der Waals surface area contributed by atoms with Gasteiger partial charge in [0.05, 0.1) is 11.7 Å². The summed E-state index contributed by atoms with van der Waals surface area (Å²) in [7, 11) is 3.47. The molecule has 18 heavy (non-hydrogen) atoms. The molecule has 0 spiro atoms. The first-order chi connectivity index (χ1) is 8.45. The predicted octanol–water partition coefficient (Wildman–Crippen LogP) is 2.22. The van der Waals surface area contributed by atoms with Crippen molar-refractivity contribution in [3.8, 4) is 0 Å². The fourth-order valence-electron chi connectivity index (χ4n) is 1.60. The molecular weight excluding hydrogens is 252 g/mol. The van der Waals surface area contributed by atoms with E-state index >= 15 is 0 Å². The van der Waals surface area contributed by atoms with Gasteiger partial charge in [-0.05, 0) is 31.5 Å². The molecule has 0 aromatic heterocycles. The molecule has 1 rings (SSSR count). The molecule has 0 heterocycles. The Hall–Kier alpha value is -1.26. The number of rotatable bonds is 5. The molecular formula is C13H19ClN2O2. The minimum atomic E-state index is -0.414. The standard InChI is InChI=1S/C13H19ClN2O2/c1-9(17)6-7-16(3)13(18)11-8-10(14)4-5-12(11)15-2/h4-5,8-9,15,17H,6-7H2,1-3H3. The number of anilines is 1. The highest BCUT2D eigenvalue weighted by Gasteiger charge is 2.16. The van der Waals surface area contributed by atoms with E-state index in [1.165, 1.54) is 0 Å². The van der Waals surface area contributed by atoms with E-state index in [2.05, 4.69) is 5.32 Å². The summed E-state index contributed by atoms with van der Waals surface area (Å²) < 4.78 is 0. The van der Waals surface area contributed by atoms with Crippen LogP contribution in [0.1, 0.15) is 23.7 Å². The molecule has 0 radical (unpaired) electrons. The highest BCUT2D eigenvalue weighted by Crippen LogP contribution is 2.21. The molecule has 0 saturated carbocycles. The number of carbonyl (C=O) groups excluding carboxylic acids is 1. The summed E-state index contributed by atoms with van der Waals surface area (Å²) in [5.41, 5.74) is 1.28. The van der Waals surface area contributed by atoms with Crippen molar-refractivity contribution >= 4 is 23.2 Å². The normalized spacial score (nSPS) is 12.1. The van der Waals surface area contributed by atoms with Gasteiger partial charge in [0.15, 0.2) is 0 Å². The number of nitrogens with zero attached hydrogens (tertiary/aromatic N) is 1. The zero-order chi connectivity index (χ0) is 13.7. The fourth-order valence-corrected chi connectivity index (χ4v) is 1.77. The second-order valence-corrected chi connectivity index (χ2v) is 4.74. The second kappa shape index (κ2) is 6.61. The molecule has 0 aliphatic carbocycles. The highest BCUT2D eigenvalue weighted by atomic mass is 35.5. The van der Waals surface area contributed by atoms with Crippen LogP contribution in [-0.2, 0) is 0 Å². The van der Waals surface area contributed by atoms with E-state index < -0.39 is 6.10 Å². The number of aliphatic hydroxyl groups excluding tert-OH is 1. The van der Waals surface area contributed by atoms with Gasteiger partial charge in [-0.3, -0.25) is 4.79 Å². The van der Waals surface area contributed by atoms with E-state index in [9.17, 15) is 9.90 Å². The topological polar surface area (TPSA) is 52.6 Å². The number of nitrogens with one attached hydrogen (secondary N) is 1. The number of carbonyl (C=O) groups is 1. The van der Waals surface area contributed by atoms with E-state index in [-0.39, 0.29) is 5.91 Å². The van der Waals surface area contributed by atoms with Gasteiger partial charge in [-0.15, -0.1) is 0 Å². The average molecular weight is 271 g/mol. The van der Waals surface area contributed by atoms with Crippen molar-refractivity contribution in [3.05, 3.63) is 28.8 Å². The van der Waals surface area contributed by atoms with E-state index in [1.54, 1.807) is 44.1 Å². The van der Waals surface area contributed by atoms with Gasteiger partial charge in [-0.25, -0.2) is 0 Å². The lowest BCUT2D eigenvalue weighted by Gasteiger charge is -2.19. The Morgan fingerprint density at radius 2 is 2.22 bits per heavy atom. The van der Waals surface area contributed by atoms with Gasteiger partial charge in [0.25, 0.3) is 5.91 Å². The van der Waals surface area contributed by atoms with Crippen molar-refractivity contribution in [2.24, 2.45) is 0 Å². The summed E-state index contributed by atoms with van der Waals surface area (Å²) in [5.74, 6) is -0.109. The number of benzene rings is 1. The molecule has 0 bridgehead atoms. The van der Waals surface area contributed by atoms with Crippen LogP contribution >= 0.6 is 11.6 Å². The summed E-state index contributed by atoms with van der Waals surface area (Å²) in [6.45, 7) is 2.21. The van der Waals surface area contributed by atoms with Crippen LogP contribution < -0.4 is 5.32 Å². The zero-order valence-electron chi connectivity index (χ0n) is 10.9. The molecule has 1 atom stereocenters. The molecule has 5 heteroatoms. The average Bonchev–Trinajstić information content (AvgIpc) is 2.34. The summed E-state index contributed by atoms with van der Waals surface area (Å²) in [5, 5.41) is 12.7. The van der Waals surface area contributed by atoms with Gasteiger partial charge in [0.2, 0.25) is 0 Å². The largest absolute Gasteiger partial charge is 0.393 e. The van der Waals surface area contributed by atoms with Gasteiger partial charge >= 0.3 is 0 Å². The summed E-state index contributed by atoms with van der Waals surface area (Å²) in [6.07, 6.45) is 0.140. The molecule has 100 valence electrons. The smallest absolute Gasteiger partial charge is 0.255 e. The summed E-state index contributed by atoms with van der Waals surface area (Å²) in [6, 6.07) is 5.16. The maximum absolute atomic E-state index is 12.2. The molecule has 0 aliphatic heterocycles. The third-order valence-corrected chi connectivity index (χ3v) is 2.95. The number of halogens is 1. The summed E-state index contributed by atoms with van der Waals surface area (Å²) in [4.78, 5) is 13.8. The van der Waals surface area contributed by atoms with Crippen molar-refractivity contribution in [3.63, 3.8) is 0 Å². The van der Waals surface area contributed by atoms with E-state index in [0.29, 0.717) is 23.6 Å². The Morgan fingerprint density at radius 1 is 1.56 bits per heavy atom. The highest BCUT2D eigenvalue weighted by molar-refractivity contribution is 6.31. The molecule has 1 aromatic rings. The molecule has 0 aliphatic rings. The van der Waals surface area contributed by atoms with Crippen LogP contribution in [0.2, 0.25) is 5.02 Å². The first kappa shape index (κ1) is 14.8. The van der Waals surface area contributed by atoms with Crippen LogP contribution in [0, 0.1) is 0 Å². The van der Waals surface area contributed by atoms with Crippen molar-refractivity contribution in [1.82, 2.24) is 4.90 Å². The van der Waals surface area contributed by atoms with Gasteiger partial charge in [-0.1, -0.05) is 11.6 Å². The molecule has 0 fully saturated rings. The van der Waals surface area contributed by atoms with Gasteiger partial charge < -0.3 is 15.3 Å².